The minimum absolute atomic E-state index is 0.700. The van der Waals surface area contributed by atoms with Gasteiger partial charge in [-0.2, -0.15) is 4.89 Å². The Bertz CT molecular complexity index is 144. The maximum absolute atomic E-state index is 10.1. The molecule has 0 aromatic heterocycles. The summed E-state index contributed by atoms with van der Waals surface area (Å²) in [6, 6.07) is 0. The molecule has 0 aliphatic rings. The number of nitrogens with one attached hydrogen (secondary N) is 1. The Morgan fingerprint density at radius 1 is 1.64 bits per heavy atom. The molecule has 4 N–H and O–H groups in total. The quantitative estimate of drug-likeness (QED) is 0.380. The van der Waals surface area contributed by atoms with E-state index < -0.39 is 8.00 Å². The zero-order chi connectivity index (χ0) is 8.53. The van der Waals surface area contributed by atoms with Crippen molar-refractivity contribution in [2.45, 2.75) is 12.8 Å². The van der Waals surface area contributed by atoms with Crippen LogP contribution >= 0.6 is 8.00 Å². The Balaban J connectivity index is 3.09. The molecular formula is C6H13N2O2P. The highest BCUT2D eigenvalue weighted by Crippen LogP contribution is 1.94. The van der Waals surface area contributed by atoms with E-state index in [1.165, 1.54) is 12.1 Å². The van der Waals surface area contributed by atoms with E-state index in [2.05, 4.69) is 5.32 Å². The molecule has 64 valence electrons. The van der Waals surface area contributed by atoms with Gasteiger partial charge in [0, 0.05) is 6.54 Å². The van der Waals surface area contributed by atoms with Gasteiger partial charge in [-0.3, -0.25) is 5.32 Å². The molecule has 0 bridgehead atoms. The molecule has 0 aromatic rings. The van der Waals surface area contributed by atoms with Crippen molar-refractivity contribution in [3.8, 4) is 0 Å². The van der Waals surface area contributed by atoms with Crippen LogP contribution in [0.3, 0.4) is 0 Å². The van der Waals surface area contributed by atoms with E-state index in [0.717, 1.165) is 12.8 Å². The van der Waals surface area contributed by atoms with E-state index in [1.54, 1.807) is 0 Å². The van der Waals surface area contributed by atoms with E-state index in [1.807, 2.05) is 6.08 Å². The lowest BCUT2D eigenvalue weighted by atomic mass is 10.3. The van der Waals surface area contributed by atoms with E-state index in [9.17, 15) is 4.89 Å². The van der Waals surface area contributed by atoms with Crippen LogP contribution in [0.2, 0.25) is 0 Å². The molecule has 4 nitrogen and oxygen atoms in total. The number of rotatable bonds is 5. The second-order valence-corrected chi connectivity index (χ2v) is 2.82. The summed E-state index contributed by atoms with van der Waals surface area (Å²) in [4.78, 5) is 18.4. The van der Waals surface area contributed by atoms with Crippen LogP contribution in [-0.2, 0) is 0 Å². The largest absolute Gasteiger partial charge is 0.602 e. The third kappa shape index (κ3) is 9.59. The zero-order valence-corrected chi connectivity index (χ0v) is 7.13. The number of hydrogen-bond acceptors (Lipinski definition) is 3. The van der Waals surface area contributed by atoms with Crippen LogP contribution in [0.4, 0.5) is 0 Å². The monoisotopic (exact) mass is 176 g/mol. The van der Waals surface area contributed by atoms with Gasteiger partial charge in [0.15, 0.2) is 5.92 Å². The van der Waals surface area contributed by atoms with Crippen molar-refractivity contribution in [1.82, 2.24) is 5.32 Å². The Morgan fingerprint density at radius 3 is 2.91 bits per heavy atom. The number of nitrogens with two attached hydrogens (primary N) is 1. The predicted molar refractivity (Wildman–Crippen MR) is 45.8 cm³/mol. The van der Waals surface area contributed by atoms with Gasteiger partial charge in [0.25, 0.3) is 0 Å². The van der Waals surface area contributed by atoms with Gasteiger partial charge in [0.05, 0.1) is 0 Å². The maximum atomic E-state index is 10.1. The Kier molecular flexibility index (Phi) is 7.41. The summed E-state index contributed by atoms with van der Waals surface area (Å²) in [6.07, 6.45) is 5.14. The Labute approximate surface area is 67.3 Å². The molecule has 0 aromatic carbocycles. The fraction of sp³-hybridized carbons (Fsp3) is 0.500. The molecule has 11 heavy (non-hydrogen) atoms. The van der Waals surface area contributed by atoms with E-state index in [0.29, 0.717) is 6.54 Å². The van der Waals surface area contributed by atoms with Crippen LogP contribution in [0.1, 0.15) is 12.8 Å². The summed E-state index contributed by atoms with van der Waals surface area (Å²) in [5.41, 5.74) is 5.10. The number of unbranched alkanes of at least 4 members (excludes halogenated alkanes) is 1. The highest BCUT2D eigenvalue weighted by Gasteiger charge is 1.86. The van der Waals surface area contributed by atoms with Crippen molar-refractivity contribution < 1.29 is 9.79 Å². The summed E-state index contributed by atoms with van der Waals surface area (Å²) in [7, 11) is -2.15. The molecule has 1 unspecified atom stereocenters. The zero-order valence-electron chi connectivity index (χ0n) is 6.23. The van der Waals surface area contributed by atoms with Crippen LogP contribution in [-0.4, -0.2) is 17.4 Å². The molecule has 0 saturated heterocycles. The SMILES string of the molecule is NC=CCCCN/C=[P+](\[O-])O. The third-order valence-electron chi connectivity index (χ3n) is 1.03. The van der Waals surface area contributed by atoms with E-state index in [4.69, 9.17) is 10.6 Å². The maximum Gasteiger partial charge on any atom is 0.229 e. The van der Waals surface area contributed by atoms with Gasteiger partial charge in [-0.1, -0.05) is 6.08 Å². The van der Waals surface area contributed by atoms with Gasteiger partial charge in [0.2, 0.25) is 8.00 Å². The van der Waals surface area contributed by atoms with Crippen molar-refractivity contribution in [1.29, 1.82) is 0 Å². The molecule has 0 amide bonds. The van der Waals surface area contributed by atoms with Crippen molar-refractivity contribution in [3.05, 3.63) is 12.3 Å². The second kappa shape index (κ2) is 7.69. The normalized spacial score (nSPS) is 12.7. The smallest absolute Gasteiger partial charge is 0.229 e. The average Bonchev–Trinajstić information content (AvgIpc) is 1.96. The lowest BCUT2D eigenvalue weighted by molar-refractivity contribution is -0.167. The first kappa shape index (κ1) is 10.6. The fourth-order valence-corrected chi connectivity index (χ4v) is 0.846. The standard InChI is InChI=1S/C6H13N2O2P/c7-4-2-1-3-5-8-6-11(9)10/h2,4,6,8H,1,3,5,7H2,(H,9,10). The highest BCUT2D eigenvalue weighted by molar-refractivity contribution is 7.43. The summed E-state index contributed by atoms with van der Waals surface area (Å²) < 4.78 is 0. The average molecular weight is 176 g/mol. The van der Waals surface area contributed by atoms with Crippen molar-refractivity contribution in [2.24, 2.45) is 5.73 Å². The first-order valence-electron chi connectivity index (χ1n) is 3.36. The van der Waals surface area contributed by atoms with Gasteiger partial charge in [0.1, 0.15) is 0 Å². The van der Waals surface area contributed by atoms with Crippen LogP contribution in [0, 0.1) is 0 Å². The molecule has 0 aliphatic heterocycles. The van der Waals surface area contributed by atoms with Gasteiger partial charge in [-0.05, 0) is 19.0 Å². The van der Waals surface area contributed by atoms with Gasteiger partial charge in [-0.25, -0.2) is 0 Å². The fourth-order valence-electron chi connectivity index (χ4n) is 0.561. The molecule has 0 radical (unpaired) electrons. The molecule has 0 saturated carbocycles. The first-order chi connectivity index (χ1) is 5.27. The topological polar surface area (TPSA) is 81.3 Å². The van der Waals surface area contributed by atoms with Crippen molar-refractivity contribution >= 4 is 13.9 Å². The molecule has 5 heteroatoms. The van der Waals surface area contributed by atoms with Crippen LogP contribution in [0.25, 0.3) is 0 Å². The molecule has 0 aliphatic carbocycles. The Hall–Kier alpha value is -0.410. The second-order valence-electron chi connectivity index (χ2n) is 1.96. The Morgan fingerprint density at radius 2 is 2.36 bits per heavy atom. The minimum atomic E-state index is -2.15. The molecule has 0 heterocycles. The van der Waals surface area contributed by atoms with Crippen LogP contribution in [0.5, 0.6) is 0 Å². The van der Waals surface area contributed by atoms with Gasteiger partial charge in [-0.15, -0.1) is 0 Å². The molecule has 0 rings (SSSR count). The highest BCUT2D eigenvalue weighted by atomic mass is 31.1. The summed E-state index contributed by atoms with van der Waals surface area (Å²) in [6.45, 7) is 0.700. The van der Waals surface area contributed by atoms with Crippen molar-refractivity contribution in [2.75, 3.05) is 6.54 Å². The van der Waals surface area contributed by atoms with Crippen LogP contribution in [0.15, 0.2) is 12.3 Å². The summed E-state index contributed by atoms with van der Waals surface area (Å²) in [5, 5.41) is 2.71. The predicted octanol–water partition coefficient (Wildman–Crippen LogP) is -0.747. The summed E-state index contributed by atoms with van der Waals surface area (Å²) in [5.74, 6) is 1.18. The van der Waals surface area contributed by atoms with E-state index in [-0.39, 0.29) is 0 Å². The molecule has 0 fully saturated rings. The van der Waals surface area contributed by atoms with Gasteiger partial charge >= 0.3 is 0 Å². The minimum Gasteiger partial charge on any atom is -0.602 e. The van der Waals surface area contributed by atoms with Crippen LogP contribution < -0.4 is 15.9 Å². The number of hydrogen-bond donors (Lipinski definition) is 3. The lowest BCUT2D eigenvalue weighted by Gasteiger charge is -1.93. The van der Waals surface area contributed by atoms with Crippen molar-refractivity contribution in [3.63, 3.8) is 0 Å². The molecular weight excluding hydrogens is 163 g/mol. The molecule has 0 spiro atoms. The lowest BCUT2D eigenvalue weighted by Crippen LogP contribution is -2.13. The van der Waals surface area contributed by atoms with Gasteiger partial charge < -0.3 is 10.6 Å². The third-order valence-corrected chi connectivity index (χ3v) is 1.43. The number of allylic oxidation sites excluding steroid dienone is 1. The van der Waals surface area contributed by atoms with E-state index >= 15 is 0 Å². The first-order valence-corrected chi connectivity index (χ1v) is 4.64. The molecule has 1 atom stereocenters. The summed E-state index contributed by atoms with van der Waals surface area (Å²) >= 11 is 0.